The SMILES string of the molecule is C[C@H]1CN(c2nc(OC[C@@H]3CCCN3C)nc3c2CN(C2CCc4ccccc42)C3)CCN1. The van der Waals surface area contributed by atoms with E-state index in [-0.39, 0.29) is 0 Å². The van der Waals surface area contributed by atoms with Gasteiger partial charge in [-0.2, -0.15) is 9.97 Å². The number of piperazine rings is 1. The molecular weight excluding hydrogens is 412 g/mol. The highest BCUT2D eigenvalue weighted by molar-refractivity contribution is 5.52. The Morgan fingerprint density at radius 2 is 2.03 bits per heavy atom. The van der Waals surface area contributed by atoms with Crippen molar-refractivity contribution in [3.8, 4) is 6.01 Å². The van der Waals surface area contributed by atoms with Gasteiger partial charge >= 0.3 is 6.01 Å². The zero-order valence-electron chi connectivity index (χ0n) is 20.0. The van der Waals surface area contributed by atoms with Gasteiger partial charge in [0, 0.05) is 56.4 Å². The Kier molecular flexibility index (Phi) is 5.72. The second-order valence-corrected chi connectivity index (χ2v) is 10.3. The van der Waals surface area contributed by atoms with Crippen LogP contribution in [0, 0.1) is 0 Å². The Morgan fingerprint density at radius 1 is 1.12 bits per heavy atom. The summed E-state index contributed by atoms with van der Waals surface area (Å²) in [6.07, 6.45) is 4.80. The Bertz CT molecular complexity index is 1010. The summed E-state index contributed by atoms with van der Waals surface area (Å²) in [5.41, 5.74) is 5.46. The van der Waals surface area contributed by atoms with Crippen molar-refractivity contribution in [2.75, 3.05) is 44.7 Å². The zero-order chi connectivity index (χ0) is 22.4. The molecule has 0 spiro atoms. The van der Waals surface area contributed by atoms with Gasteiger partial charge in [-0.05, 0) is 57.3 Å². The number of nitrogens with zero attached hydrogens (tertiary/aromatic N) is 5. The summed E-state index contributed by atoms with van der Waals surface area (Å²) in [7, 11) is 2.19. The fraction of sp³-hybridized carbons (Fsp3) is 0.615. The molecular formula is C26H36N6O. The molecule has 6 rings (SSSR count). The molecule has 1 aromatic heterocycles. The van der Waals surface area contributed by atoms with Crippen LogP contribution >= 0.6 is 0 Å². The van der Waals surface area contributed by atoms with Gasteiger partial charge in [-0.15, -0.1) is 0 Å². The van der Waals surface area contributed by atoms with Crippen LogP contribution in [-0.4, -0.2) is 71.7 Å². The number of aromatic nitrogens is 2. The molecule has 2 aromatic rings. The summed E-state index contributed by atoms with van der Waals surface area (Å²) in [5, 5.41) is 3.56. The molecule has 0 bridgehead atoms. The van der Waals surface area contributed by atoms with Gasteiger partial charge in [0.2, 0.25) is 0 Å². The van der Waals surface area contributed by atoms with Crippen LogP contribution in [0.1, 0.15) is 54.6 Å². The van der Waals surface area contributed by atoms with E-state index in [0.717, 1.165) is 50.8 Å². The lowest BCUT2D eigenvalue weighted by molar-refractivity contribution is 0.186. The largest absolute Gasteiger partial charge is 0.462 e. The number of likely N-dealkylation sites (N-methyl/N-ethyl adjacent to an activating group) is 1. The summed E-state index contributed by atoms with van der Waals surface area (Å²) in [6, 6.07) is 10.9. The molecule has 3 atom stereocenters. The molecule has 1 aromatic carbocycles. The van der Waals surface area contributed by atoms with Crippen LogP contribution in [0.4, 0.5) is 5.82 Å². The van der Waals surface area contributed by atoms with E-state index in [1.165, 1.54) is 42.4 Å². The van der Waals surface area contributed by atoms with Gasteiger partial charge in [0.05, 0.1) is 5.69 Å². The highest BCUT2D eigenvalue weighted by atomic mass is 16.5. The topological polar surface area (TPSA) is 56.8 Å². The average molecular weight is 449 g/mol. The third kappa shape index (κ3) is 4.11. The predicted molar refractivity (Wildman–Crippen MR) is 130 cm³/mol. The Balaban J connectivity index is 1.28. The smallest absolute Gasteiger partial charge is 0.318 e. The Hall–Kier alpha value is -2.22. The normalized spacial score (nSPS) is 27.7. The number of hydrogen-bond acceptors (Lipinski definition) is 7. The summed E-state index contributed by atoms with van der Waals surface area (Å²) in [6.45, 7) is 8.82. The first-order valence-corrected chi connectivity index (χ1v) is 12.7. The van der Waals surface area contributed by atoms with Crippen LogP contribution in [0.3, 0.4) is 0 Å². The third-order valence-electron chi connectivity index (χ3n) is 8.05. The predicted octanol–water partition coefficient (Wildman–Crippen LogP) is 2.75. The number of benzene rings is 1. The lowest BCUT2D eigenvalue weighted by Crippen LogP contribution is -2.50. The zero-order valence-corrected chi connectivity index (χ0v) is 20.0. The molecule has 1 N–H and O–H groups in total. The highest BCUT2D eigenvalue weighted by Crippen LogP contribution is 2.41. The van der Waals surface area contributed by atoms with Crippen molar-refractivity contribution < 1.29 is 4.74 Å². The van der Waals surface area contributed by atoms with E-state index < -0.39 is 0 Å². The molecule has 176 valence electrons. The first kappa shape index (κ1) is 21.3. The molecule has 0 saturated carbocycles. The number of aryl methyl sites for hydroxylation is 1. The van der Waals surface area contributed by atoms with E-state index in [4.69, 9.17) is 14.7 Å². The maximum absolute atomic E-state index is 6.24. The average Bonchev–Trinajstić information content (AvgIpc) is 3.54. The molecule has 2 fully saturated rings. The molecule has 3 aliphatic heterocycles. The Morgan fingerprint density at radius 3 is 2.88 bits per heavy atom. The first-order valence-electron chi connectivity index (χ1n) is 12.7. The second-order valence-electron chi connectivity index (χ2n) is 10.3. The maximum Gasteiger partial charge on any atom is 0.318 e. The maximum atomic E-state index is 6.24. The summed E-state index contributed by atoms with van der Waals surface area (Å²) < 4.78 is 6.24. The minimum Gasteiger partial charge on any atom is -0.462 e. The number of anilines is 1. The molecule has 33 heavy (non-hydrogen) atoms. The van der Waals surface area contributed by atoms with Crippen molar-refractivity contribution in [1.82, 2.24) is 25.1 Å². The van der Waals surface area contributed by atoms with Crippen molar-refractivity contribution in [1.29, 1.82) is 0 Å². The van der Waals surface area contributed by atoms with Gasteiger partial charge in [0.25, 0.3) is 0 Å². The number of nitrogens with one attached hydrogen (secondary N) is 1. The van der Waals surface area contributed by atoms with Gasteiger partial charge in [0.1, 0.15) is 12.4 Å². The minimum absolute atomic E-state index is 0.458. The van der Waals surface area contributed by atoms with E-state index in [1.807, 2.05) is 0 Å². The lowest BCUT2D eigenvalue weighted by atomic mass is 10.1. The van der Waals surface area contributed by atoms with Crippen molar-refractivity contribution in [2.45, 2.75) is 63.8 Å². The summed E-state index contributed by atoms with van der Waals surface area (Å²) >= 11 is 0. The van der Waals surface area contributed by atoms with Crippen LogP contribution in [0.5, 0.6) is 6.01 Å². The standard InChI is InChI=1S/C26H36N6O/c1-18-14-31(13-11-27-18)25-22-15-32(24-10-9-19-6-3-4-8-21(19)24)16-23(22)28-26(29-25)33-17-20-7-5-12-30(20)2/h3-4,6,8,18,20,24,27H,5,7,9-17H2,1-2H3/t18-,20-,24?/m0/s1. The molecule has 0 amide bonds. The van der Waals surface area contributed by atoms with Gasteiger partial charge in [-0.3, -0.25) is 4.90 Å². The van der Waals surface area contributed by atoms with E-state index in [9.17, 15) is 0 Å². The number of rotatable bonds is 5. The monoisotopic (exact) mass is 448 g/mol. The summed E-state index contributed by atoms with van der Waals surface area (Å²) in [5.74, 6) is 1.09. The van der Waals surface area contributed by atoms with Crippen molar-refractivity contribution in [3.05, 3.63) is 46.6 Å². The van der Waals surface area contributed by atoms with Crippen molar-refractivity contribution in [3.63, 3.8) is 0 Å². The molecule has 7 heteroatoms. The lowest BCUT2D eigenvalue weighted by Gasteiger charge is -2.34. The second kappa shape index (κ2) is 8.85. The van der Waals surface area contributed by atoms with Crippen LogP contribution in [0.2, 0.25) is 0 Å². The molecule has 7 nitrogen and oxygen atoms in total. The summed E-state index contributed by atoms with van der Waals surface area (Å²) in [4.78, 5) is 17.4. The van der Waals surface area contributed by atoms with Crippen molar-refractivity contribution in [2.24, 2.45) is 0 Å². The van der Waals surface area contributed by atoms with Gasteiger partial charge in [-0.25, -0.2) is 0 Å². The fourth-order valence-corrected chi connectivity index (χ4v) is 6.18. The molecule has 4 heterocycles. The number of fused-ring (bicyclic) bond motifs is 2. The van der Waals surface area contributed by atoms with Gasteiger partial charge in [-0.1, -0.05) is 24.3 Å². The Labute approximate surface area is 197 Å². The van der Waals surface area contributed by atoms with Crippen molar-refractivity contribution >= 4 is 5.82 Å². The number of hydrogen-bond donors (Lipinski definition) is 1. The first-order chi connectivity index (χ1) is 16.2. The van der Waals surface area contributed by atoms with E-state index in [1.54, 1.807) is 0 Å². The third-order valence-corrected chi connectivity index (χ3v) is 8.05. The van der Waals surface area contributed by atoms with Crippen LogP contribution in [0.25, 0.3) is 0 Å². The highest BCUT2D eigenvalue weighted by Gasteiger charge is 2.36. The molecule has 2 saturated heterocycles. The van der Waals surface area contributed by atoms with Crippen LogP contribution < -0.4 is 15.0 Å². The van der Waals surface area contributed by atoms with Gasteiger partial charge in [0.15, 0.2) is 0 Å². The minimum atomic E-state index is 0.458. The van der Waals surface area contributed by atoms with Crippen LogP contribution in [0.15, 0.2) is 24.3 Å². The van der Waals surface area contributed by atoms with Crippen LogP contribution in [-0.2, 0) is 19.5 Å². The number of ether oxygens (including phenoxy) is 1. The quantitative estimate of drug-likeness (QED) is 0.755. The molecule has 1 unspecified atom stereocenters. The number of likely N-dealkylation sites (tertiary alicyclic amines) is 1. The molecule has 1 aliphatic carbocycles. The van der Waals surface area contributed by atoms with E-state index in [0.29, 0.717) is 30.7 Å². The van der Waals surface area contributed by atoms with E-state index in [2.05, 4.69) is 58.3 Å². The van der Waals surface area contributed by atoms with E-state index >= 15 is 0 Å². The molecule has 0 radical (unpaired) electrons. The van der Waals surface area contributed by atoms with Gasteiger partial charge < -0.3 is 19.9 Å². The fourth-order valence-electron chi connectivity index (χ4n) is 6.18. The molecule has 4 aliphatic rings.